The van der Waals surface area contributed by atoms with E-state index in [0.29, 0.717) is 0 Å². The molecule has 0 amide bonds. The van der Waals surface area contributed by atoms with Crippen LogP contribution >= 0.6 is 0 Å². The van der Waals surface area contributed by atoms with Crippen LogP contribution in [0.25, 0.3) is 12.3 Å². The molecule has 0 radical (unpaired) electrons. The summed E-state index contributed by atoms with van der Waals surface area (Å²) >= 11 is 0. The Morgan fingerprint density at radius 2 is 1.47 bits per heavy atom. The van der Waals surface area contributed by atoms with Gasteiger partial charge in [0.15, 0.2) is 0 Å². The van der Waals surface area contributed by atoms with Gasteiger partial charge in [-0.15, -0.1) is 0 Å². The molecule has 0 aromatic heterocycles. The van der Waals surface area contributed by atoms with E-state index in [1.807, 2.05) is 66.9 Å². The lowest BCUT2D eigenvalue weighted by Crippen LogP contribution is -2.25. The number of aliphatic hydroxyl groups excluding tert-OH is 1. The van der Waals surface area contributed by atoms with Gasteiger partial charge in [0, 0.05) is 11.9 Å². The van der Waals surface area contributed by atoms with Gasteiger partial charge in [-0.05, 0) is 22.1 Å². The van der Waals surface area contributed by atoms with E-state index in [-0.39, 0.29) is 0 Å². The topological polar surface area (TPSA) is 32.3 Å². The van der Waals surface area contributed by atoms with Crippen molar-refractivity contribution in [1.29, 1.82) is 0 Å². The van der Waals surface area contributed by atoms with Crippen molar-refractivity contribution in [2.24, 2.45) is 0 Å². The van der Waals surface area contributed by atoms with E-state index in [9.17, 15) is 5.11 Å². The molecule has 2 aromatic rings. The van der Waals surface area contributed by atoms with Crippen LogP contribution in [0.4, 0.5) is 0 Å². The molecule has 2 heteroatoms. The Bertz CT molecular complexity index is 716. The normalized spacial score (nSPS) is 14.9. The molecule has 1 atom stereocenters. The van der Waals surface area contributed by atoms with Crippen LogP contribution in [-0.2, 0) is 0 Å². The fourth-order valence-corrected chi connectivity index (χ4v) is 2.17. The molecule has 94 valence electrons. The molecule has 1 aliphatic rings. The highest BCUT2D eigenvalue weighted by molar-refractivity contribution is 5.47. The number of rotatable bonds is 2. The second-order valence-corrected chi connectivity index (χ2v) is 4.52. The molecule has 3 rings (SSSR count). The molecule has 0 saturated carbocycles. The summed E-state index contributed by atoms with van der Waals surface area (Å²) in [4.78, 5) is 0. The van der Waals surface area contributed by atoms with Gasteiger partial charge in [-0.25, -0.2) is 0 Å². The highest BCUT2D eigenvalue weighted by Crippen LogP contribution is 2.19. The number of hydrogen-bond donors (Lipinski definition) is 2. The van der Waals surface area contributed by atoms with Crippen molar-refractivity contribution in [3.63, 3.8) is 0 Å². The van der Waals surface area contributed by atoms with E-state index in [4.69, 9.17) is 0 Å². The van der Waals surface area contributed by atoms with Crippen LogP contribution in [-0.4, -0.2) is 5.11 Å². The summed E-state index contributed by atoms with van der Waals surface area (Å²) in [6, 6.07) is 17.8. The van der Waals surface area contributed by atoms with Crippen LogP contribution < -0.4 is 15.8 Å². The second-order valence-electron chi connectivity index (χ2n) is 4.52. The van der Waals surface area contributed by atoms with Crippen molar-refractivity contribution in [3.05, 3.63) is 82.4 Å². The van der Waals surface area contributed by atoms with E-state index < -0.39 is 6.10 Å². The molecule has 0 bridgehead atoms. The van der Waals surface area contributed by atoms with Gasteiger partial charge in [0.1, 0.15) is 6.10 Å². The van der Waals surface area contributed by atoms with Gasteiger partial charge >= 0.3 is 0 Å². The van der Waals surface area contributed by atoms with Crippen LogP contribution in [0.15, 0.2) is 66.4 Å². The summed E-state index contributed by atoms with van der Waals surface area (Å²) in [5.74, 6) is 0. The van der Waals surface area contributed by atoms with Crippen molar-refractivity contribution in [2.75, 3.05) is 0 Å². The number of hydrogen-bond acceptors (Lipinski definition) is 2. The number of nitrogens with one attached hydrogen (secondary N) is 1. The Kier molecular flexibility index (Phi) is 3.17. The molecule has 1 unspecified atom stereocenters. The Morgan fingerprint density at radius 3 is 2.26 bits per heavy atom. The second kappa shape index (κ2) is 5.12. The summed E-state index contributed by atoms with van der Waals surface area (Å²) in [6.07, 6.45) is 5.24. The zero-order chi connectivity index (χ0) is 13.1. The summed E-state index contributed by atoms with van der Waals surface area (Å²) < 4.78 is 0. The van der Waals surface area contributed by atoms with Crippen molar-refractivity contribution < 1.29 is 5.11 Å². The predicted molar refractivity (Wildman–Crippen MR) is 77.2 cm³/mol. The van der Waals surface area contributed by atoms with E-state index in [1.165, 1.54) is 0 Å². The fraction of sp³-hybridized carbons (Fsp3) is 0.0588. The molecule has 2 N–H and O–H groups in total. The molecule has 0 saturated heterocycles. The zero-order valence-electron chi connectivity index (χ0n) is 10.5. The molecule has 0 spiro atoms. The van der Waals surface area contributed by atoms with Crippen LogP contribution in [0.1, 0.15) is 11.7 Å². The minimum Gasteiger partial charge on any atom is -0.382 e. The molecule has 0 aliphatic carbocycles. The largest absolute Gasteiger partial charge is 0.382 e. The van der Waals surface area contributed by atoms with Gasteiger partial charge in [0.25, 0.3) is 0 Å². The summed E-state index contributed by atoms with van der Waals surface area (Å²) in [6.45, 7) is 0. The predicted octanol–water partition coefficient (Wildman–Crippen LogP) is 1.43. The van der Waals surface area contributed by atoms with Crippen molar-refractivity contribution in [3.8, 4) is 0 Å². The van der Waals surface area contributed by atoms with Crippen LogP contribution in [0, 0.1) is 0 Å². The Hall–Kier alpha value is -2.32. The first kappa shape index (κ1) is 11.8. The SMILES string of the molecule is OC(C1=CC=c2ccccc2=CN1)c1ccccc1. The third kappa shape index (κ3) is 2.44. The number of aliphatic hydroxyl groups is 1. The van der Waals surface area contributed by atoms with Crippen LogP contribution in [0.2, 0.25) is 0 Å². The standard InChI is InChI=1S/C17H15NO/c19-17(14-7-2-1-3-8-14)16-11-10-13-6-4-5-9-15(13)12-18-16/h1-12,17-19H. The molecule has 19 heavy (non-hydrogen) atoms. The smallest absolute Gasteiger partial charge is 0.119 e. The van der Waals surface area contributed by atoms with Crippen molar-refractivity contribution >= 4 is 12.3 Å². The zero-order valence-corrected chi connectivity index (χ0v) is 10.5. The van der Waals surface area contributed by atoms with Gasteiger partial charge < -0.3 is 10.4 Å². The third-order valence-corrected chi connectivity index (χ3v) is 3.24. The maximum absolute atomic E-state index is 10.4. The summed E-state index contributed by atoms with van der Waals surface area (Å²) in [5, 5.41) is 15.8. The van der Waals surface area contributed by atoms with Gasteiger partial charge in [-0.3, -0.25) is 0 Å². The lowest BCUT2D eigenvalue weighted by Gasteiger charge is -2.14. The van der Waals surface area contributed by atoms with Gasteiger partial charge in [0.05, 0.1) is 0 Å². The molecular weight excluding hydrogens is 234 g/mol. The highest BCUT2D eigenvalue weighted by Gasteiger charge is 2.12. The lowest BCUT2D eigenvalue weighted by molar-refractivity contribution is 0.210. The number of allylic oxidation sites excluding steroid dienone is 1. The van der Waals surface area contributed by atoms with Crippen LogP contribution in [0.5, 0.6) is 0 Å². The Balaban J connectivity index is 1.97. The fourth-order valence-electron chi connectivity index (χ4n) is 2.17. The number of fused-ring (bicyclic) bond motifs is 1. The summed E-state index contributed by atoms with van der Waals surface area (Å²) in [7, 11) is 0. The lowest BCUT2D eigenvalue weighted by atomic mass is 10.1. The van der Waals surface area contributed by atoms with E-state index in [0.717, 1.165) is 21.7 Å². The van der Waals surface area contributed by atoms with Crippen molar-refractivity contribution in [2.45, 2.75) is 6.10 Å². The molecule has 1 aliphatic heterocycles. The monoisotopic (exact) mass is 249 g/mol. The molecule has 2 aromatic carbocycles. The first-order valence-corrected chi connectivity index (χ1v) is 6.31. The average molecular weight is 249 g/mol. The molecule has 0 fully saturated rings. The number of benzene rings is 2. The van der Waals surface area contributed by atoms with E-state index in [1.54, 1.807) is 0 Å². The first-order chi connectivity index (χ1) is 9.34. The molecule has 1 heterocycles. The first-order valence-electron chi connectivity index (χ1n) is 6.31. The van der Waals surface area contributed by atoms with E-state index >= 15 is 0 Å². The maximum Gasteiger partial charge on any atom is 0.119 e. The minimum absolute atomic E-state index is 0.636. The van der Waals surface area contributed by atoms with E-state index in [2.05, 4.69) is 11.4 Å². The highest BCUT2D eigenvalue weighted by atomic mass is 16.3. The quantitative estimate of drug-likeness (QED) is 0.844. The van der Waals surface area contributed by atoms with Gasteiger partial charge in [0.2, 0.25) is 0 Å². The van der Waals surface area contributed by atoms with Gasteiger partial charge in [-0.2, -0.15) is 0 Å². The minimum atomic E-state index is -0.636. The Morgan fingerprint density at radius 1 is 0.789 bits per heavy atom. The molecular formula is C17H15NO. The molecule has 2 nitrogen and oxygen atoms in total. The third-order valence-electron chi connectivity index (χ3n) is 3.24. The Labute approximate surface area is 112 Å². The van der Waals surface area contributed by atoms with Gasteiger partial charge in [-0.1, -0.05) is 60.7 Å². The van der Waals surface area contributed by atoms with Crippen LogP contribution in [0.3, 0.4) is 0 Å². The summed E-state index contributed by atoms with van der Waals surface area (Å²) in [5.41, 5.74) is 1.66. The average Bonchev–Trinajstić information content (AvgIpc) is 2.70. The maximum atomic E-state index is 10.4. The van der Waals surface area contributed by atoms with Crippen molar-refractivity contribution in [1.82, 2.24) is 5.32 Å².